The van der Waals surface area contributed by atoms with Crippen LogP contribution in [0.5, 0.6) is 0 Å². The highest BCUT2D eigenvalue weighted by molar-refractivity contribution is 8.00. The minimum Gasteiger partial charge on any atom is -0.460 e. The van der Waals surface area contributed by atoms with Crippen LogP contribution < -0.4 is 5.73 Å². The van der Waals surface area contributed by atoms with E-state index in [1.807, 2.05) is 0 Å². The third-order valence-corrected chi connectivity index (χ3v) is 5.56. The Hall–Kier alpha value is 0.410. The van der Waals surface area contributed by atoms with E-state index in [1.54, 1.807) is 6.92 Å². The van der Waals surface area contributed by atoms with Crippen LogP contribution in [0.25, 0.3) is 0 Å². The first-order valence-corrected chi connectivity index (χ1v) is 8.22. The van der Waals surface area contributed by atoms with E-state index in [2.05, 4.69) is 0 Å². The number of thioether (sulfide) groups is 1. The van der Waals surface area contributed by atoms with E-state index in [9.17, 15) is 9.59 Å². The number of nitrogens with zero attached hydrogens (tertiary/aromatic N) is 1. The van der Waals surface area contributed by atoms with Crippen molar-refractivity contribution < 1.29 is 14.3 Å². The van der Waals surface area contributed by atoms with Gasteiger partial charge in [-0.3, -0.25) is 4.79 Å². The molecule has 4 atom stereocenters. The lowest BCUT2D eigenvalue weighted by Gasteiger charge is -2.55. The van der Waals surface area contributed by atoms with Gasteiger partial charge >= 0.3 is 5.97 Å². The summed E-state index contributed by atoms with van der Waals surface area (Å²) in [5, 5.41) is -0.264. The molecule has 0 aromatic rings. The van der Waals surface area contributed by atoms with Gasteiger partial charge in [0, 0.05) is 5.75 Å². The van der Waals surface area contributed by atoms with Crippen LogP contribution in [-0.4, -0.2) is 55.3 Å². The highest BCUT2D eigenvalue weighted by atomic mass is 35.6. The summed E-state index contributed by atoms with van der Waals surface area (Å²) in [6.45, 7) is 1.25. The van der Waals surface area contributed by atoms with Gasteiger partial charge in [-0.05, 0) is 6.92 Å². The number of halogens is 4. The molecule has 20 heavy (non-hydrogen) atoms. The van der Waals surface area contributed by atoms with Crippen molar-refractivity contribution in [3.8, 4) is 0 Å². The molecule has 5 nitrogen and oxygen atoms in total. The summed E-state index contributed by atoms with van der Waals surface area (Å²) in [6, 6.07) is -1.55. The molecule has 2 aliphatic rings. The van der Waals surface area contributed by atoms with Crippen molar-refractivity contribution >= 4 is 70.0 Å². The lowest BCUT2D eigenvalue weighted by Crippen LogP contribution is -2.77. The molecule has 114 valence electrons. The second kappa shape index (κ2) is 5.56. The number of fused-ring (bicyclic) bond motifs is 1. The van der Waals surface area contributed by atoms with Gasteiger partial charge in [-0.25, -0.2) is 4.79 Å². The molecule has 2 rings (SSSR count). The molecule has 0 aromatic carbocycles. The summed E-state index contributed by atoms with van der Waals surface area (Å²) >= 11 is 24.4. The quantitative estimate of drug-likeness (QED) is 0.446. The lowest BCUT2D eigenvalue weighted by atomic mass is 9.94. The molecular weight excluding hydrogens is 370 g/mol. The van der Waals surface area contributed by atoms with Gasteiger partial charge in [0.15, 0.2) is 6.04 Å². The highest BCUT2D eigenvalue weighted by Crippen LogP contribution is 2.44. The molecular formula is C10H12Cl4N2O3S. The Balaban J connectivity index is 2.13. The molecule has 0 aromatic heterocycles. The number of carbonyl (C=O) groups is 2. The highest BCUT2D eigenvalue weighted by Gasteiger charge is 2.60. The molecule has 2 heterocycles. The maximum Gasteiger partial charge on any atom is 0.330 e. The van der Waals surface area contributed by atoms with Gasteiger partial charge in [0.25, 0.3) is 0 Å². The summed E-state index contributed by atoms with van der Waals surface area (Å²) in [6.07, 6.45) is 0. The zero-order valence-corrected chi connectivity index (χ0v) is 14.2. The average Bonchev–Trinajstić information content (AvgIpc) is 2.33. The molecule has 0 spiro atoms. The summed E-state index contributed by atoms with van der Waals surface area (Å²) in [5.41, 5.74) is 5.70. The Morgan fingerprint density at radius 3 is 2.75 bits per heavy atom. The van der Waals surface area contributed by atoms with Crippen LogP contribution in [0.3, 0.4) is 0 Å². The van der Waals surface area contributed by atoms with E-state index in [0.29, 0.717) is 5.75 Å². The topological polar surface area (TPSA) is 72.6 Å². The second-order valence-corrected chi connectivity index (χ2v) is 9.36. The molecule has 2 aliphatic heterocycles. The number of amides is 1. The molecule has 2 fully saturated rings. The molecule has 0 saturated carbocycles. The van der Waals surface area contributed by atoms with Crippen molar-refractivity contribution in [2.75, 3.05) is 12.4 Å². The second-order valence-electron chi connectivity index (χ2n) is 4.88. The van der Waals surface area contributed by atoms with Gasteiger partial charge < -0.3 is 15.4 Å². The Labute approximate surface area is 140 Å². The number of esters is 1. The third-order valence-electron chi connectivity index (χ3n) is 3.11. The minimum atomic E-state index is -1.71. The smallest absolute Gasteiger partial charge is 0.330 e. The van der Waals surface area contributed by atoms with Gasteiger partial charge in [-0.15, -0.1) is 23.4 Å². The molecule has 0 aliphatic carbocycles. The maximum absolute atomic E-state index is 12.2. The van der Waals surface area contributed by atoms with Gasteiger partial charge in [0.05, 0.1) is 4.87 Å². The summed E-state index contributed by atoms with van der Waals surface area (Å²) in [5.74, 6) is -0.561. The van der Waals surface area contributed by atoms with Gasteiger partial charge in [-0.1, -0.05) is 34.8 Å². The zero-order chi connectivity index (χ0) is 15.3. The van der Waals surface area contributed by atoms with Crippen molar-refractivity contribution in [3.63, 3.8) is 0 Å². The van der Waals surface area contributed by atoms with Crippen molar-refractivity contribution in [3.05, 3.63) is 0 Å². The average molecular weight is 382 g/mol. The van der Waals surface area contributed by atoms with Crippen molar-refractivity contribution in [2.45, 2.75) is 33.0 Å². The normalized spacial score (nSPS) is 37.2. The number of ether oxygens (including phenoxy) is 1. The Morgan fingerprint density at radius 1 is 1.60 bits per heavy atom. The SMILES string of the molecule is C[C@@]1(Cl)CS[C@@H]2[C@H](N)C(=O)N2[C@H]1C(=O)OCC(Cl)(Cl)Cl. The van der Waals surface area contributed by atoms with Crippen LogP contribution >= 0.6 is 58.2 Å². The van der Waals surface area contributed by atoms with Crippen LogP contribution in [0.1, 0.15) is 6.92 Å². The predicted octanol–water partition coefficient (Wildman–Crippen LogP) is 1.51. The third kappa shape index (κ3) is 3.10. The standard InChI is InChI=1S/C10H12Cl4N2O3S/c1-9(11)3-20-7-4(15)6(17)16(7)5(9)8(18)19-2-10(12,13)14/h4-5,7H,2-3,15H2,1H3/t4-,5+,7-,9-/m1/s1. The Bertz CT molecular complexity index is 443. The molecule has 0 unspecified atom stereocenters. The van der Waals surface area contributed by atoms with Gasteiger partial charge in [-0.2, -0.15) is 0 Å². The molecule has 10 heteroatoms. The summed E-state index contributed by atoms with van der Waals surface area (Å²) in [7, 11) is 0. The van der Waals surface area contributed by atoms with Crippen LogP contribution in [0.4, 0.5) is 0 Å². The number of hydrogen-bond acceptors (Lipinski definition) is 5. The van der Waals surface area contributed by atoms with E-state index in [0.717, 1.165) is 0 Å². The van der Waals surface area contributed by atoms with Gasteiger partial charge in [0.2, 0.25) is 9.70 Å². The molecule has 2 N–H and O–H groups in total. The summed E-state index contributed by atoms with van der Waals surface area (Å²) < 4.78 is 3.24. The fourth-order valence-corrected chi connectivity index (χ4v) is 4.09. The fourth-order valence-electron chi connectivity index (χ4n) is 2.18. The van der Waals surface area contributed by atoms with Crippen molar-refractivity contribution in [2.24, 2.45) is 5.73 Å². The lowest BCUT2D eigenvalue weighted by molar-refractivity contribution is -0.165. The first kappa shape index (κ1) is 16.8. The maximum atomic E-state index is 12.2. The Kier molecular flexibility index (Phi) is 4.66. The van der Waals surface area contributed by atoms with E-state index in [4.69, 9.17) is 56.9 Å². The number of hydrogen-bond donors (Lipinski definition) is 1. The van der Waals surface area contributed by atoms with E-state index in [-0.39, 0.29) is 11.3 Å². The van der Waals surface area contributed by atoms with Crippen LogP contribution in [0.2, 0.25) is 0 Å². The zero-order valence-electron chi connectivity index (χ0n) is 10.3. The van der Waals surface area contributed by atoms with Crippen LogP contribution in [0, 0.1) is 0 Å². The Morgan fingerprint density at radius 2 is 2.20 bits per heavy atom. The van der Waals surface area contributed by atoms with E-state index < -0.39 is 33.3 Å². The number of nitrogens with two attached hydrogens (primary N) is 1. The van der Waals surface area contributed by atoms with Crippen molar-refractivity contribution in [1.82, 2.24) is 4.90 Å². The number of β-lactam (4-membered cyclic amide) rings is 1. The van der Waals surface area contributed by atoms with Crippen LogP contribution in [-0.2, 0) is 14.3 Å². The van der Waals surface area contributed by atoms with Crippen LogP contribution in [0.15, 0.2) is 0 Å². The van der Waals surface area contributed by atoms with Crippen molar-refractivity contribution in [1.29, 1.82) is 0 Å². The first-order chi connectivity index (χ1) is 9.04. The number of carbonyl (C=O) groups excluding carboxylic acids is 2. The number of alkyl halides is 4. The molecule has 1 amide bonds. The fraction of sp³-hybridized carbons (Fsp3) is 0.800. The largest absolute Gasteiger partial charge is 0.460 e. The van der Waals surface area contributed by atoms with E-state index >= 15 is 0 Å². The minimum absolute atomic E-state index is 0.264. The monoisotopic (exact) mass is 380 g/mol. The molecule has 0 radical (unpaired) electrons. The number of rotatable bonds is 2. The molecule has 2 saturated heterocycles. The van der Waals surface area contributed by atoms with Gasteiger partial charge in [0.1, 0.15) is 18.0 Å². The first-order valence-electron chi connectivity index (χ1n) is 5.66. The van der Waals surface area contributed by atoms with E-state index in [1.165, 1.54) is 16.7 Å². The molecule has 0 bridgehead atoms. The predicted molar refractivity (Wildman–Crippen MR) is 80.4 cm³/mol. The summed E-state index contributed by atoms with van der Waals surface area (Å²) in [4.78, 5) is 24.4.